The highest BCUT2D eigenvalue weighted by Crippen LogP contribution is 2.29. The monoisotopic (exact) mass is 185 g/mol. The van der Waals surface area contributed by atoms with E-state index in [2.05, 4.69) is 27.7 Å². The smallest absolute Gasteiger partial charge is 0.00771 e. The molecule has 0 rings (SSSR count). The normalized spacial score (nSPS) is 12.5. The molecule has 0 aliphatic carbocycles. The first-order chi connectivity index (χ1) is 5.98. The lowest BCUT2D eigenvalue weighted by molar-refractivity contribution is 0.283. The molecule has 0 heterocycles. The summed E-state index contributed by atoms with van der Waals surface area (Å²) in [6.45, 7) is 10.2. The van der Waals surface area contributed by atoms with Crippen LogP contribution in [0.4, 0.5) is 0 Å². The molecule has 0 aromatic rings. The lowest BCUT2D eigenvalue weighted by Crippen LogP contribution is -2.14. The van der Waals surface area contributed by atoms with Gasteiger partial charge in [-0.2, -0.15) is 0 Å². The lowest BCUT2D eigenvalue weighted by atomic mass is 9.82. The number of hydrogen-bond acceptors (Lipinski definition) is 1. The molecular weight excluding hydrogens is 158 g/mol. The highest BCUT2D eigenvalue weighted by Gasteiger charge is 2.16. The second-order valence-corrected chi connectivity index (χ2v) is 5.34. The largest absolute Gasteiger partial charge is 0.330 e. The van der Waals surface area contributed by atoms with Crippen molar-refractivity contribution in [1.82, 2.24) is 0 Å². The molecule has 0 spiro atoms. The molecule has 0 radical (unpaired) electrons. The maximum absolute atomic E-state index is 5.51. The molecule has 0 saturated heterocycles. The topological polar surface area (TPSA) is 26.0 Å². The Kier molecular flexibility index (Phi) is 6.40. The average molecular weight is 185 g/mol. The van der Waals surface area contributed by atoms with E-state index in [9.17, 15) is 0 Å². The van der Waals surface area contributed by atoms with Crippen LogP contribution in [-0.4, -0.2) is 6.54 Å². The van der Waals surface area contributed by atoms with Crippen LogP contribution in [0.15, 0.2) is 0 Å². The van der Waals surface area contributed by atoms with Crippen molar-refractivity contribution in [2.24, 2.45) is 17.1 Å². The van der Waals surface area contributed by atoms with Crippen LogP contribution in [0.5, 0.6) is 0 Å². The van der Waals surface area contributed by atoms with E-state index >= 15 is 0 Å². The molecule has 0 amide bonds. The Morgan fingerprint density at radius 1 is 1.08 bits per heavy atom. The van der Waals surface area contributed by atoms with E-state index in [1.165, 1.54) is 32.1 Å². The zero-order valence-corrected chi connectivity index (χ0v) is 9.90. The van der Waals surface area contributed by atoms with E-state index in [1.807, 2.05) is 0 Å². The fourth-order valence-electron chi connectivity index (χ4n) is 1.69. The van der Waals surface area contributed by atoms with Gasteiger partial charge in [0, 0.05) is 0 Å². The minimum atomic E-state index is 0.508. The Morgan fingerprint density at radius 3 is 2.08 bits per heavy atom. The van der Waals surface area contributed by atoms with Crippen molar-refractivity contribution in [3.8, 4) is 0 Å². The summed E-state index contributed by atoms with van der Waals surface area (Å²) in [5, 5.41) is 0. The molecule has 0 bridgehead atoms. The van der Waals surface area contributed by atoms with Gasteiger partial charge in [-0.1, -0.05) is 40.5 Å². The quantitative estimate of drug-likeness (QED) is 0.644. The average Bonchev–Trinajstić information content (AvgIpc) is 2.00. The van der Waals surface area contributed by atoms with Gasteiger partial charge in [0.05, 0.1) is 0 Å². The maximum atomic E-state index is 5.51. The van der Waals surface area contributed by atoms with Crippen molar-refractivity contribution in [2.45, 2.75) is 59.8 Å². The van der Waals surface area contributed by atoms with Gasteiger partial charge < -0.3 is 5.73 Å². The van der Waals surface area contributed by atoms with E-state index < -0.39 is 0 Å². The molecule has 2 N–H and O–H groups in total. The van der Waals surface area contributed by atoms with Crippen LogP contribution in [-0.2, 0) is 0 Å². The summed E-state index contributed by atoms with van der Waals surface area (Å²) in [5.41, 5.74) is 6.02. The third-order valence-corrected chi connectivity index (χ3v) is 2.69. The maximum Gasteiger partial charge on any atom is -0.00771 e. The minimum Gasteiger partial charge on any atom is -0.330 e. The standard InChI is InChI=1S/C12H27N/c1-11(2)7-5-8-12(3,4)9-6-10-13/h11H,5-10,13H2,1-4H3. The second kappa shape index (κ2) is 6.42. The van der Waals surface area contributed by atoms with Gasteiger partial charge in [-0.05, 0) is 37.1 Å². The van der Waals surface area contributed by atoms with Crippen molar-refractivity contribution in [3.63, 3.8) is 0 Å². The Hall–Kier alpha value is -0.0400. The summed E-state index contributed by atoms with van der Waals surface area (Å²) in [4.78, 5) is 0. The van der Waals surface area contributed by atoms with E-state index in [0.29, 0.717) is 5.41 Å². The summed E-state index contributed by atoms with van der Waals surface area (Å²) in [6.07, 6.45) is 6.54. The molecule has 0 aliphatic heterocycles. The molecule has 0 aromatic carbocycles. The number of rotatable bonds is 7. The van der Waals surface area contributed by atoms with Gasteiger partial charge in [0.15, 0.2) is 0 Å². The van der Waals surface area contributed by atoms with Crippen molar-refractivity contribution in [1.29, 1.82) is 0 Å². The van der Waals surface area contributed by atoms with Gasteiger partial charge in [-0.25, -0.2) is 0 Å². The molecule has 0 aliphatic rings. The zero-order chi connectivity index (χ0) is 10.3. The van der Waals surface area contributed by atoms with Crippen LogP contribution >= 0.6 is 0 Å². The molecule has 0 saturated carbocycles. The predicted octanol–water partition coefficient (Wildman–Crippen LogP) is 3.58. The first-order valence-electron chi connectivity index (χ1n) is 5.68. The first-order valence-corrected chi connectivity index (χ1v) is 5.68. The summed E-state index contributed by atoms with van der Waals surface area (Å²) in [6, 6.07) is 0. The molecule has 0 fully saturated rings. The fraction of sp³-hybridized carbons (Fsp3) is 1.00. The zero-order valence-electron chi connectivity index (χ0n) is 9.90. The third-order valence-electron chi connectivity index (χ3n) is 2.69. The predicted molar refractivity (Wildman–Crippen MR) is 60.8 cm³/mol. The minimum absolute atomic E-state index is 0.508. The van der Waals surface area contributed by atoms with Gasteiger partial charge in [-0.15, -0.1) is 0 Å². The molecule has 80 valence electrons. The third kappa shape index (κ3) is 8.29. The first kappa shape index (κ1) is 13.0. The van der Waals surface area contributed by atoms with Gasteiger partial charge >= 0.3 is 0 Å². The summed E-state index contributed by atoms with van der Waals surface area (Å²) in [7, 11) is 0. The Labute approximate surface area is 84.1 Å². The molecule has 0 aromatic heterocycles. The summed E-state index contributed by atoms with van der Waals surface area (Å²) >= 11 is 0. The molecule has 1 heteroatoms. The van der Waals surface area contributed by atoms with Crippen molar-refractivity contribution in [3.05, 3.63) is 0 Å². The Morgan fingerprint density at radius 2 is 1.62 bits per heavy atom. The molecule has 0 unspecified atom stereocenters. The van der Waals surface area contributed by atoms with E-state index in [-0.39, 0.29) is 0 Å². The molecule has 0 atom stereocenters. The van der Waals surface area contributed by atoms with Crippen LogP contribution < -0.4 is 5.73 Å². The van der Waals surface area contributed by atoms with Gasteiger partial charge in [0.2, 0.25) is 0 Å². The van der Waals surface area contributed by atoms with E-state index in [0.717, 1.165) is 12.5 Å². The highest BCUT2D eigenvalue weighted by molar-refractivity contribution is 4.69. The Balaban J connectivity index is 3.50. The number of nitrogens with two attached hydrogens (primary N) is 1. The molecule has 1 nitrogen and oxygen atoms in total. The van der Waals surface area contributed by atoms with E-state index in [4.69, 9.17) is 5.73 Å². The van der Waals surface area contributed by atoms with Crippen molar-refractivity contribution in [2.75, 3.05) is 6.54 Å². The van der Waals surface area contributed by atoms with Crippen LogP contribution in [0, 0.1) is 11.3 Å². The second-order valence-electron chi connectivity index (χ2n) is 5.34. The van der Waals surface area contributed by atoms with Crippen LogP contribution in [0.3, 0.4) is 0 Å². The number of hydrogen-bond donors (Lipinski definition) is 1. The van der Waals surface area contributed by atoms with E-state index in [1.54, 1.807) is 0 Å². The van der Waals surface area contributed by atoms with Crippen LogP contribution in [0.1, 0.15) is 59.8 Å². The highest BCUT2D eigenvalue weighted by atomic mass is 14.5. The van der Waals surface area contributed by atoms with Gasteiger partial charge in [0.1, 0.15) is 0 Å². The van der Waals surface area contributed by atoms with Crippen molar-refractivity contribution >= 4 is 0 Å². The van der Waals surface area contributed by atoms with Gasteiger partial charge in [0.25, 0.3) is 0 Å². The van der Waals surface area contributed by atoms with Crippen molar-refractivity contribution < 1.29 is 0 Å². The Bertz CT molecular complexity index is 116. The summed E-state index contributed by atoms with van der Waals surface area (Å²) < 4.78 is 0. The van der Waals surface area contributed by atoms with Crippen LogP contribution in [0.25, 0.3) is 0 Å². The molecular formula is C12H27N. The van der Waals surface area contributed by atoms with Crippen LogP contribution in [0.2, 0.25) is 0 Å². The lowest BCUT2D eigenvalue weighted by Gasteiger charge is -2.24. The fourth-order valence-corrected chi connectivity index (χ4v) is 1.69. The summed E-state index contributed by atoms with van der Waals surface area (Å²) in [5.74, 6) is 0.852. The van der Waals surface area contributed by atoms with Gasteiger partial charge in [-0.3, -0.25) is 0 Å². The SMILES string of the molecule is CC(C)CCCC(C)(C)CCCN. The molecule has 13 heavy (non-hydrogen) atoms.